The van der Waals surface area contributed by atoms with Crippen LogP contribution in [0.3, 0.4) is 0 Å². The highest BCUT2D eigenvalue weighted by Crippen LogP contribution is 2.36. The van der Waals surface area contributed by atoms with E-state index in [1.165, 1.54) is 0 Å². The van der Waals surface area contributed by atoms with Crippen molar-refractivity contribution in [1.82, 2.24) is 15.1 Å². The van der Waals surface area contributed by atoms with Gasteiger partial charge in [-0.25, -0.2) is 9.59 Å². The molecule has 8 heteroatoms. The summed E-state index contributed by atoms with van der Waals surface area (Å²) in [5.41, 5.74) is 1.85. The maximum absolute atomic E-state index is 12.1. The number of nitrogens with zero attached hydrogens (tertiary/aromatic N) is 2. The van der Waals surface area contributed by atoms with E-state index in [2.05, 4.69) is 15.5 Å². The topological polar surface area (TPSA) is 96.6 Å². The normalized spacial score (nSPS) is 23.3. The molecular formula is C21H26N4O4. The van der Waals surface area contributed by atoms with E-state index in [-0.39, 0.29) is 30.8 Å². The van der Waals surface area contributed by atoms with Crippen LogP contribution in [0.25, 0.3) is 0 Å². The average molecular weight is 398 g/mol. The molecule has 2 fully saturated rings. The van der Waals surface area contributed by atoms with E-state index < -0.39 is 6.09 Å². The second kappa shape index (κ2) is 8.55. The molecule has 1 aromatic carbocycles. The van der Waals surface area contributed by atoms with Gasteiger partial charge in [0.25, 0.3) is 0 Å². The van der Waals surface area contributed by atoms with Crippen molar-refractivity contribution in [3.8, 4) is 0 Å². The number of anilines is 1. The summed E-state index contributed by atoms with van der Waals surface area (Å²) in [5, 5.41) is 9.77. The van der Waals surface area contributed by atoms with Crippen LogP contribution in [-0.4, -0.2) is 46.0 Å². The number of aromatic amines is 1. The zero-order valence-corrected chi connectivity index (χ0v) is 16.5. The lowest BCUT2D eigenvalue weighted by atomic mass is 10.0. The number of carbonyl (C=O) groups excluding carboxylic acids is 2. The van der Waals surface area contributed by atoms with E-state index in [1.54, 1.807) is 4.90 Å². The Hall–Kier alpha value is -3.03. The molecule has 0 spiro atoms. The lowest BCUT2D eigenvalue weighted by Gasteiger charge is -2.38. The third-order valence-electron chi connectivity index (χ3n) is 5.69. The van der Waals surface area contributed by atoms with Gasteiger partial charge in [-0.05, 0) is 38.2 Å². The van der Waals surface area contributed by atoms with Gasteiger partial charge in [0, 0.05) is 30.3 Å². The highest BCUT2D eigenvalue weighted by atomic mass is 16.6. The van der Waals surface area contributed by atoms with E-state index in [0.717, 1.165) is 43.5 Å². The molecule has 1 aromatic heterocycles. The first-order chi connectivity index (χ1) is 14.1. The van der Waals surface area contributed by atoms with E-state index in [9.17, 15) is 9.59 Å². The van der Waals surface area contributed by atoms with Crippen molar-refractivity contribution < 1.29 is 19.1 Å². The van der Waals surface area contributed by atoms with Gasteiger partial charge in [-0.3, -0.25) is 10.4 Å². The molecule has 154 valence electrons. The van der Waals surface area contributed by atoms with Crippen LogP contribution < -0.4 is 5.32 Å². The molecule has 1 aliphatic carbocycles. The van der Waals surface area contributed by atoms with Gasteiger partial charge in [-0.2, -0.15) is 5.10 Å². The number of hydrogen-bond acceptors (Lipinski definition) is 5. The predicted molar refractivity (Wildman–Crippen MR) is 106 cm³/mol. The minimum atomic E-state index is -0.547. The van der Waals surface area contributed by atoms with Gasteiger partial charge in [0.2, 0.25) is 0 Å². The molecule has 1 saturated carbocycles. The number of rotatable bonds is 5. The smallest absolute Gasteiger partial charge is 0.413 e. The number of hydrogen-bond donors (Lipinski definition) is 2. The lowest BCUT2D eigenvalue weighted by Crippen LogP contribution is -2.50. The van der Waals surface area contributed by atoms with Crippen molar-refractivity contribution in [3.63, 3.8) is 0 Å². The Morgan fingerprint density at radius 1 is 1.24 bits per heavy atom. The molecule has 8 nitrogen and oxygen atoms in total. The summed E-state index contributed by atoms with van der Waals surface area (Å²) in [7, 11) is 0. The predicted octanol–water partition coefficient (Wildman–Crippen LogP) is 4.03. The monoisotopic (exact) mass is 398 g/mol. The Balaban J connectivity index is 1.23. The molecule has 0 unspecified atom stereocenters. The number of H-pyrrole nitrogens is 1. The molecule has 2 aliphatic rings. The van der Waals surface area contributed by atoms with Gasteiger partial charge in [0.1, 0.15) is 12.7 Å². The Kier molecular flexibility index (Phi) is 5.69. The summed E-state index contributed by atoms with van der Waals surface area (Å²) >= 11 is 0. The van der Waals surface area contributed by atoms with Crippen LogP contribution in [0, 0.1) is 0 Å². The Labute approximate surface area is 169 Å². The molecule has 29 heavy (non-hydrogen) atoms. The van der Waals surface area contributed by atoms with Crippen LogP contribution in [-0.2, 0) is 16.1 Å². The fourth-order valence-corrected chi connectivity index (χ4v) is 3.80. The van der Waals surface area contributed by atoms with E-state index in [4.69, 9.17) is 9.47 Å². The fourth-order valence-electron chi connectivity index (χ4n) is 3.80. The Morgan fingerprint density at radius 3 is 2.79 bits per heavy atom. The van der Waals surface area contributed by atoms with Crippen molar-refractivity contribution in [3.05, 3.63) is 47.7 Å². The maximum atomic E-state index is 12.1. The van der Waals surface area contributed by atoms with Crippen LogP contribution in [0.1, 0.15) is 49.8 Å². The zero-order chi connectivity index (χ0) is 20.2. The number of benzene rings is 1. The van der Waals surface area contributed by atoms with Gasteiger partial charge in [0.15, 0.2) is 5.82 Å². The third-order valence-corrected chi connectivity index (χ3v) is 5.69. The van der Waals surface area contributed by atoms with E-state index >= 15 is 0 Å². The van der Waals surface area contributed by atoms with Crippen LogP contribution >= 0.6 is 0 Å². The summed E-state index contributed by atoms with van der Waals surface area (Å²) in [5.74, 6) is 0.651. The molecule has 1 aliphatic heterocycles. The number of likely N-dealkylation sites (tertiary alicyclic amines) is 1. The lowest BCUT2D eigenvalue weighted by molar-refractivity contribution is 0.0281. The van der Waals surface area contributed by atoms with E-state index in [0.29, 0.717) is 5.82 Å². The molecule has 3 atom stereocenters. The van der Waals surface area contributed by atoms with Gasteiger partial charge in [-0.1, -0.05) is 30.3 Å². The third kappa shape index (κ3) is 4.70. The van der Waals surface area contributed by atoms with Crippen molar-refractivity contribution in [2.24, 2.45) is 0 Å². The first kappa shape index (κ1) is 19.3. The molecular weight excluding hydrogens is 372 g/mol. The zero-order valence-electron chi connectivity index (χ0n) is 16.5. The standard InChI is InChI=1S/C21H26N4O4/c1-14-9-10-25(14)21(27)29-17-8-7-16(11-17)18-12-19(24-23-18)22-20(26)28-13-15-5-3-2-4-6-15/h2-6,12,14,16-17H,7-11,13H2,1H3,(H2,22,23,24,26)/t14-,16-,17+/m0/s1. The molecule has 2 amide bonds. The van der Waals surface area contributed by atoms with E-state index in [1.807, 2.05) is 43.3 Å². The first-order valence-electron chi connectivity index (χ1n) is 10.1. The van der Waals surface area contributed by atoms with Crippen molar-refractivity contribution in [2.75, 3.05) is 11.9 Å². The van der Waals surface area contributed by atoms with Gasteiger partial charge in [0.05, 0.1) is 0 Å². The minimum absolute atomic E-state index is 0.0733. The average Bonchev–Trinajstić information content (AvgIpc) is 3.35. The summed E-state index contributed by atoms with van der Waals surface area (Å²) in [4.78, 5) is 25.9. The first-order valence-corrected chi connectivity index (χ1v) is 10.1. The number of carbonyl (C=O) groups is 2. The van der Waals surface area contributed by atoms with Crippen molar-refractivity contribution >= 4 is 18.0 Å². The highest BCUT2D eigenvalue weighted by molar-refractivity contribution is 5.83. The molecule has 4 rings (SSSR count). The second-order valence-corrected chi connectivity index (χ2v) is 7.74. The summed E-state index contributed by atoms with van der Waals surface area (Å²) in [6, 6.07) is 11.6. The summed E-state index contributed by atoms with van der Waals surface area (Å²) < 4.78 is 10.9. The van der Waals surface area contributed by atoms with Gasteiger partial charge in [-0.15, -0.1) is 0 Å². The van der Waals surface area contributed by atoms with Gasteiger partial charge >= 0.3 is 12.2 Å². The SMILES string of the molecule is C[C@H]1CCN1C(=O)O[C@@H]1CC[C@H](c2cc(NC(=O)OCc3ccccc3)n[nH]2)C1. The quantitative estimate of drug-likeness (QED) is 0.793. The molecule has 2 aromatic rings. The van der Waals surface area contributed by atoms with Crippen LogP contribution in [0.2, 0.25) is 0 Å². The molecule has 1 saturated heterocycles. The second-order valence-electron chi connectivity index (χ2n) is 7.74. The number of ether oxygens (including phenoxy) is 2. The molecule has 0 bridgehead atoms. The van der Waals surface area contributed by atoms with Gasteiger partial charge < -0.3 is 14.4 Å². The number of amides is 2. The number of aromatic nitrogens is 2. The van der Waals surface area contributed by atoms with Crippen molar-refractivity contribution in [1.29, 1.82) is 0 Å². The fraction of sp³-hybridized carbons (Fsp3) is 0.476. The maximum Gasteiger partial charge on any atom is 0.413 e. The summed E-state index contributed by atoms with van der Waals surface area (Å²) in [6.07, 6.45) is 2.72. The highest BCUT2D eigenvalue weighted by Gasteiger charge is 2.34. The number of nitrogens with one attached hydrogen (secondary N) is 2. The van der Waals surface area contributed by atoms with Crippen LogP contribution in [0.5, 0.6) is 0 Å². The Morgan fingerprint density at radius 2 is 2.07 bits per heavy atom. The largest absolute Gasteiger partial charge is 0.446 e. The Bertz CT molecular complexity index is 853. The molecule has 0 radical (unpaired) electrons. The molecule has 2 N–H and O–H groups in total. The van der Waals surface area contributed by atoms with Crippen molar-refractivity contribution in [2.45, 2.75) is 57.3 Å². The molecule has 2 heterocycles. The van der Waals surface area contributed by atoms with Crippen LogP contribution in [0.15, 0.2) is 36.4 Å². The van der Waals surface area contributed by atoms with Crippen LogP contribution in [0.4, 0.5) is 15.4 Å². The summed E-state index contributed by atoms with van der Waals surface area (Å²) in [6.45, 7) is 3.02. The minimum Gasteiger partial charge on any atom is -0.446 e.